The van der Waals surface area contributed by atoms with Gasteiger partial charge in [-0.05, 0) is 25.0 Å². The molecular formula is C18H29N3. The van der Waals surface area contributed by atoms with Crippen molar-refractivity contribution in [3.05, 3.63) is 30.2 Å². The summed E-state index contributed by atoms with van der Waals surface area (Å²) in [5, 5.41) is 8.88. The molecule has 2 aromatic rings. The maximum atomic E-state index is 4.53. The molecule has 0 amide bonds. The van der Waals surface area contributed by atoms with E-state index < -0.39 is 0 Å². The third kappa shape index (κ3) is 3.84. The van der Waals surface area contributed by atoms with E-state index in [0.717, 1.165) is 11.5 Å². The van der Waals surface area contributed by atoms with E-state index in [1.165, 1.54) is 51.4 Å². The zero-order chi connectivity index (χ0) is 15.1. The second-order valence-corrected chi connectivity index (χ2v) is 6.43. The highest BCUT2D eigenvalue weighted by molar-refractivity contribution is 5.38. The van der Waals surface area contributed by atoms with E-state index in [-0.39, 0.29) is 5.41 Å². The zero-order valence-corrected chi connectivity index (χ0v) is 13.8. The fourth-order valence-corrected chi connectivity index (χ4v) is 3.11. The summed E-state index contributed by atoms with van der Waals surface area (Å²) < 4.78 is 2.18. The predicted octanol–water partition coefficient (Wildman–Crippen LogP) is 5.15. The van der Waals surface area contributed by atoms with Gasteiger partial charge in [0.1, 0.15) is 5.82 Å². The van der Waals surface area contributed by atoms with Crippen LogP contribution in [0.3, 0.4) is 0 Å². The van der Waals surface area contributed by atoms with Crippen molar-refractivity contribution < 1.29 is 0 Å². The minimum atomic E-state index is 0.143. The molecule has 116 valence electrons. The number of unbranched alkanes of at least 4 members (excludes halogenated alkanes) is 4. The monoisotopic (exact) mass is 287 g/mol. The van der Waals surface area contributed by atoms with Crippen LogP contribution in [0.15, 0.2) is 24.4 Å². The van der Waals surface area contributed by atoms with Crippen molar-refractivity contribution in [2.45, 2.75) is 77.6 Å². The number of aromatic nitrogens is 3. The summed E-state index contributed by atoms with van der Waals surface area (Å²) in [4.78, 5) is 0. The minimum Gasteiger partial charge on any atom is -0.286 e. The van der Waals surface area contributed by atoms with E-state index in [4.69, 9.17) is 0 Å². The van der Waals surface area contributed by atoms with E-state index >= 15 is 0 Å². The van der Waals surface area contributed by atoms with Gasteiger partial charge >= 0.3 is 0 Å². The average molecular weight is 287 g/mol. The molecule has 1 unspecified atom stereocenters. The lowest BCUT2D eigenvalue weighted by Crippen LogP contribution is -2.25. The fraction of sp³-hybridized carbons (Fsp3) is 0.667. The van der Waals surface area contributed by atoms with Gasteiger partial charge in [-0.25, -0.2) is 0 Å². The van der Waals surface area contributed by atoms with Gasteiger partial charge < -0.3 is 0 Å². The van der Waals surface area contributed by atoms with Crippen molar-refractivity contribution in [2.24, 2.45) is 0 Å². The van der Waals surface area contributed by atoms with Crippen LogP contribution in [0, 0.1) is 0 Å². The highest BCUT2D eigenvalue weighted by atomic mass is 15.3. The topological polar surface area (TPSA) is 30.2 Å². The summed E-state index contributed by atoms with van der Waals surface area (Å²) in [5.74, 6) is 1.14. The lowest BCUT2D eigenvalue weighted by Gasteiger charge is -2.28. The Hall–Kier alpha value is -1.38. The van der Waals surface area contributed by atoms with Crippen molar-refractivity contribution >= 4 is 5.65 Å². The van der Waals surface area contributed by atoms with Crippen LogP contribution in [0.25, 0.3) is 5.65 Å². The van der Waals surface area contributed by atoms with Crippen molar-refractivity contribution in [1.29, 1.82) is 0 Å². The first-order chi connectivity index (χ1) is 10.2. The van der Waals surface area contributed by atoms with Gasteiger partial charge in [0.15, 0.2) is 5.65 Å². The van der Waals surface area contributed by atoms with Crippen molar-refractivity contribution in [3.63, 3.8) is 0 Å². The number of pyridine rings is 1. The summed E-state index contributed by atoms with van der Waals surface area (Å²) in [6, 6.07) is 6.13. The predicted molar refractivity (Wildman–Crippen MR) is 88.6 cm³/mol. The zero-order valence-electron chi connectivity index (χ0n) is 13.8. The Labute approximate surface area is 128 Å². The van der Waals surface area contributed by atoms with Crippen LogP contribution in [0.4, 0.5) is 0 Å². The number of fused-ring (bicyclic) bond motifs is 1. The van der Waals surface area contributed by atoms with E-state index in [0.29, 0.717) is 0 Å². The maximum absolute atomic E-state index is 4.53. The van der Waals surface area contributed by atoms with Crippen LogP contribution in [-0.4, -0.2) is 14.6 Å². The Balaban J connectivity index is 2.21. The maximum Gasteiger partial charge on any atom is 0.160 e. The van der Waals surface area contributed by atoms with Crippen LogP contribution >= 0.6 is 0 Å². The van der Waals surface area contributed by atoms with E-state index in [2.05, 4.69) is 47.6 Å². The number of hydrogen-bond acceptors (Lipinski definition) is 2. The summed E-state index contributed by atoms with van der Waals surface area (Å²) >= 11 is 0. The molecule has 0 aliphatic heterocycles. The number of rotatable bonds is 9. The highest BCUT2D eigenvalue weighted by Crippen LogP contribution is 2.34. The molecule has 0 radical (unpaired) electrons. The lowest BCUT2D eigenvalue weighted by molar-refractivity contribution is 0.347. The van der Waals surface area contributed by atoms with E-state index in [1.807, 2.05) is 12.1 Å². The van der Waals surface area contributed by atoms with Crippen LogP contribution in [0.2, 0.25) is 0 Å². The molecule has 0 fully saturated rings. The van der Waals surface area contributed by atoms with Crippen LogP contribution in [0.1, 0.15) is 78.0 Å². The van der Waals surface area contributed by atoms with Gasteiger partial charge in [0, 0.05) is 11.6 Å². The average Bonchev–Trinajstić information content (AvgIpc) is 2.94. The van der Waals surface area contributed by atoms with Crippen LogP contribution in [0.5, 0.6) is 0 Å². The van der Waals surface area contributed by atoms with Gasteiger partial charge in [-0.3, -0.25) is 4.40 Å². The Morgan fingerprint density at radius 2 is 1.71 bits per heavy atom. The molecule has 0 aliphatic carbocycles. The summed E-state index contributed by atoms with van der Waals surface area (Å²) in [7, 11) is 0. The molecule has 2 rings (SSSR count). The van der Waals surface area contributed by atoms with E-state index in [1.54, 1.807) is 0 Å². The first kappa shape index (κ1) is 16.0. The Bertz CT molecular complexity index is 546. The Kier molecular flexibility index (Phi) is 5.77. The first-order valence-electron chi connectivity index (χ1n) is 8.51. The SMILES string of the molecule is CCCCCCC(C)(CCCC)c1nnc2ccccn12. The number of nitrogens with zero attached hydrogens (tertiary/aromatic N) is 3. The molecule has 1 atom stereocenters. The molecule has 3 heteroatoms. The molecule has 2 aromatic heterocycles. The number of hydrogen-bond donors (Lipinski definition) is 0. The molecule has 0 N–H and O–H groups in total. The van der Waals surface area contributed by atoms with Gasteiger partial charge in [-0.2, -0.15) is 0 Å². The lowest BCUT2D eigenvalue weighted by atomic mass is 9.79. The molecule has 0 saturated carbocycles. The smallest absolute Gasteiger partial charge is 0.160 e. The molecule has 0 saturated heterocycles. The minimum absolute atomic E-state index is 0.143. The Morgan fingerprint density at radius 1 is 0.952 bits per heavy atom. The fourth-order valence-electron chi connectivity index (χ4n) is 3.11. The summed E-state index contributed by atoms with van der Waals surface area (Å²) in [6.45, 7) is 6.90. The van der Waals surface area contributed by atoms with Gasteiger partial charge in [0.2, 0.25) is 0 Å². The highest BCUT2D eigenvalue weighted by Gasteiger charge is 2.30. The van der Waals surface area contributed by atoms with Crippen LogP contribution in [-0.2, 0) is 5.41 Å². The molecule has 3 nitrogen and oxygen atoms in total. The third-order valence-electron chi connectivity index (χ3n) is 4.52. The molecular weight excluding hydrogens is 258 g/mol. The summed E-state index contributed by atoms with van der Waals surface area (Å²) in [6.07, 6.45) is 12.2. The molecule has 0 bridgehead atoms. The van der Waals surface area contributed by atoms with Crippen molar-refractivity contribution in [3.8, 4) is 0 Å². The normalized spacial score (nSPS) is 14.4. The van der Waals surface area contributed by atoms with Gasteiger partial charge in [0.25, 0.3) is 0 Å². The quantitative estimate of drug-likeness (QED) is 0.597. The summed E-state index contributed by atoms with van der Waals surface area (Å²) in [5.41, 5.74) is 1.11. The standard InChI is InChI=1S/C18H29N3/c1-4-6-8-10-14-18(3,13-7-5-2)17-20-19-16-12-9-11-15-21(16)17/h9,11-12,15H,4-8,10,13-14H2,1-3H3. The van der Waals surface area contributed by atoms with Gasteiger partial charge in [0.05, 0.1) is 0 Å². The molecule has 0 aromatic carbocycles. The first-order valence-corrected chi connectivity index (χ1v) is 8.51. The van der Waals surface area contributed by atoms with Gasteiger partial charge in [-0.15, -0.1) is 10.2 Å². The molecule has 0 aliphatic rings. The molecule has 0 spiro atoms. The van der Waals surface area contributed by atoms with E-state index in [9.17, 15) is 0 Å². The largest absolute Gasteiger partial charge is 0.286 e. The molecule has 21 heavy (non-hydrogen) atoms. The Morgan fingerprint density at radius 3 is 2.48 bits per heavy atom. The van der Waals surface area contributed by atoms with Crippen LogP contribution < -0.4 is 0 Å². The van der Waals surface area contributed by atoms with Crippen molar-refractivity contribution in [1.82, 2.24) is 14.6 Å². The van der Waals surface area contributed by atoms with Gasteiger partial charge in [-0.1, -0.05) is 65.4 Å². The third-order valence-corrected chi connectivity index (χ3v) is 4.52. The second kappa shape index (κ2) is 7.58. The molecule has 2 heterocycles. The van der Waals surface area contributed by atoms with Crippen molar-refractivity contribution in [2.75, 3.05) is 0 Å². The second-order valence-electron chi connectivity index (χ2n) is 6.43.